The number of phenols is 1. The number of para-hydroxylation sites is 2. The smallest absolute Gasteiger partial charge is 0.416 e. The Kier molecular flexibility index (Phi) is 8.41. The van der Waals surface area contributed by atoms with Crippen molar-refractivity contribution in [1.82, 2.24) is 19.8 Å². The number of carbonyl (C=O) groups excluding carboxylic acids is 1. The van der Waals surface area contributed by atoms with Gasteiger partial charge in [-0.15, -0.1) is 0 Å². The summed E-state index contributed by atoms with van der Waals surface area (Å²) < 4.78 is 45.5. The summed E-state index contributed by atoms with van der Waals surface area (Å²) >= 11 is 1.58. The topological polar surface area (TPSA) is 96.7 Å². The molecule has 1 aromatic heterocycles. The molecular formula is C31H33F3N4O4S. The minimum atomic E-state index is -4.38. The first-order valence-electron chi connectivity index (χ1n) is 14.6. The van der Waals surface area contributed by atoms with Crippen molar-refractivity contribution in [1.29, 1.82) is 0 Å². The number of phenolic OH excluding ortho intramolecular Hbond substituents is 1. The van der Waals surface area contributed by atoms with E-state index in [1.807, 2.05) is 0 Å². The first kappa shape index (κ1) is 29.6. The highest BCUT2D eigenvalue weighted by Crippen LogP contribution is 2.37. The summed E-state index contributed by atoms with van der Waals surface area (Å²) in [6.07, 6.45) is 1.00. The van der Waals surface area contributed by atoms with Gasteiger partial charge < -0.3 is 20.1 Å². The maximum Gasteiger partial charge on any atom is 0.416 e. The van der Waals surface area contributed by atoms with Gasteiger partial charge in [0.25, 0.3) is 5.56 Å². The average molecular weight is 615 g/mol. The first-order valence-corrected chi connectivity index (χ1v) is 15.5. The molecule has 8 nitrogen and oxygen atoms in total. The van der Waals surface area contributed by atoms with Crippen LogP contribution < -0.4 is 15.6 Å². The molecule has 228 valence electrons. The number of amides is 1. The molecule has 1 amide bonds. The molecule has 0 saturated heterocycles. The van der Waals surface area contributed by atoms with E-state index in [1.54, 1.807) is 40.9 Å². The van der Waals surface area contributed by atoms with Crippen LogP contribution in [0.1, 0.15) is 55.3 Å². The van der Waals surface area contributed by atoms with Gasteiger partial charge in [0.15, 0.2) is 5.16 Å². The van der Waals surface area contributed by atoms with E-state index in [9.17, 15) is 27.9 Å². The third kappa shape index (κ3) is 6.54. The molecule has 12 heteroatoms. The molecule has 2 aliphatic carbocycles. The van der Waals surface area contributed by atoms with Gasteiger partial charge in [0, 0.05) is 37.2 Å². The van der Waals surface area contributed by atoms with Crippen molar-refractivity contribution < 1.29 is 27.8 Å². The Hall–Kier alpha value is -3.51. The average Bonchev–Trinajstić information content (AvgIpc) is 2.94. The van der Waals surface area contributed by atoms with Gasteiger partial charge in [0.2, 0.25) is 5.91 Å². The molecule has 0 spiro atoms. The highest BCUT2D eigenvalue weighted by Gasteiger charge is 2.33. The monoisotopic (exact) mass is 614 g/mol. The van der Waals surface area contributed by atoms with E-state index in [0.29, 0.717) is 65.5 Å². The van der Waals surface area contributed by atoms with Crippen molar-refractivity contribution >= 4 is 17.7 Å². The lowest BCUT2D eigenvalue weighted by Gasteiger charge is -2.36. The molecule has 2 heterocycles. The Morgan fingerprint density at radius 3 is 2.53 bits per heavy atom. The van der Waals surface area contributed by atoms with E-state index in [1.165, 1.54) is 16.7 Å². The van der Waals surface area contributed by atoms with Crippen molar-refractivity contribution in [2.75, 3.05) is 13.1 Å². The Balaban J connectivity index is 1.03. The zero-order valence-corrected chi connectivity index (χ0v) is 24.3. The Morgan fingerprint density at radius 2 is 1.86 bits per heavy atom. The van der Waals surface area contributed by atoms with Crippen molar-refractivity contribution in [3.63, 3.8) is 0 Å². The standard InChI is InChI=1S/C31H33F3N4O4S/c32-31(33,34)19-8-10-21(11-9-19)42-22-16-20(17-22)35-14-12-28(40)37-15-13-25-24(18-37)29(41)38(26-6-1-2-7-27(26)39)30(36-25)43-23-4-3-5-23/h1-2,6-11,20,22-23,35,39H,3-5,12-18H2. The van der Waals surface area contributed by atoms with E-state index < -0.39 is 11.7 Å². The molecule has 1 aliphatic heterocycles. The molecule has 3 aliphatic rings. The van der Waals surface area contributed by atoms with E-state index in [0.717, 1.165) is 31.4 Å². The summed E-state index contributed by atoms with van der Waals surface area (Å²) in [5, 5.41) is 14.9. The van der Waals surface area contributed by atoms with Gasteiger partial charge in [-0.25, -0.2) is 4.98 Å². The highest BCUT2D eigenvalue weighted by atomic mass is 32.2. The largest absolute Gasteiger partial charge is 0.506 e. The molecule has 2 saturated carbocycles. The molecule has 0 radical (unpaired) electrons. The fourth-order valence-electron chi connectivity index (χ4n) is 5.53. The van der Waals surface area contributed by atoms with Crippen LogP contribution in [0.4, 0.5) is 13.2 Å². The molecule has 3 aromatic rings. The van der Waals surface area contributed by atoms with E-state index in [4.69, 9.17) is 9.72 Å². The lowest BCUT2D eigenvalue weighted by atomic mass is 9.89. The number of hydrogen-bond acceptors (Lipinski definition) is 7. The molecule has 0 unspecified atom stereocenters. The van der Waals surface area contributed by atoms with Gasteiger partial charge in [-0.2, -0.15) is 13.2 Å². The van der Waals surface area contributed by atoms with Crippen molar-refractivity contribution in [2.45, 2.75) is 80.2 Å². The maximum atomic E-state index is 13.8. The number of alkyl halides is 3. The van der Waals surface area contributed by atoms with E-state index >= 15 is 0 Å². The quantitative estimate of drug-likeness (QED) is 0.325. The molecular weight excluding hydrogens is 581 g/mol. The zero-order valence-electron chi connectivity index (χ0n) is 23.5. The van der Waals surface area contributed by atoms with Crippen LogP contribution in [0.3, 0.4) is 0 Å². The number of benzene rings is 2. The van der Waals surface area contributed by atoms with Crippen molar-refractivity contribution in [3.8, 4) is 17.2 Å². The van der Waals surface area contributed by atoms with Crippen LogP contribution in [0.5, 0.6) is 11.5 Å². The van der Waals surface area contributed by atoms with Gasteiger partial charge >= 0.3 is 6.18 Å². The Morgan fingerprint density at radius 1 is 1.12 bits per heavy atom. The molecule has 43 heavy (non-hydrogen) atoms. The number of aromatic hydroxyl groups is 1. The SMILES string of the molecule is O=C(CCNC1CC(Oc2ccc(C(F)(F)F)cc2)C1)N1CCc2nc(SC3CCC3)n(-c3ccccc3O)c(=O)c2C1. The molecule has 2 aromatic carbocycles. The van der Waals surface area contributed by atoms with Gasteiger partial charge in [0.1, 0.15) is 17.6 Å². The number of hydrogen-bond donors (Lipinski definition) is 2. The first-order chi connectivity index (χ1) is 20.7. The van der Waals surface area contributed by atoms with Crippen LogP contribution in [0.25, 0.3) is 5.69 Å². The predicted molar refractivity (Wildman–Crippen MR) is 156 cm³/mol. The summed E-state index contributed by atoms with van der Waals surface area (Å²) in [6.45, 7) is 1.13. The number of nitrogens with one attached hydrogen (secondary N) is 1. The number of rotatable bonds is 9. The van der Waals surface area contributed by atoms with Crippen LogP contribution in [-0.4, -0.2) is 55.9 Å². The number of halogens is 3. The summed E-state index contributed by atoms with van der Waals surface area (Å²) in [6, 6.07) is 11.6. The van der Waals surface area contributed by atoms with E-state index in [-0.39, 0.29) is 42.3 Å². The maximum absolute atomic E-state index is 13.8. The number of aromatic nitrogens is 2. The number of ether oxygens (including phenoxy) is 1. The van der Waals surface area contributed by atoms with Crippen LogP contribution in [0, 0.1) is 0 Å². The number of nitrogens with zero attached hydrogens (tertiary/aromatic N) is 3. The third-order valence-electron chi connectivity index (χ3n) is 8.35. The molecule has 2 N–H and O–H groups in total. The predicted octanol–water partition coefficient (Wildman–Crippen LogP) is 5.08. The Bertz CT molecular complexity index is 1540. The number of thioether (sulfide) groups is 1. The highest BCUT2D eigenvalue weighted by molar-refractivity contribution is 7.99. The second-order valence-corrected chi connectivity index (χ2v) is 12.6. The summed E-state index contributed by atoms with van der Waals surface area (Å²) in [5.74, 6) is 0.345. The number of fused-ring (bicyclic) bond motifs is 1. The van der Waals surface area contributed by atoms with Crippen LogP contribution in [-0.2, 0) is 23.9 Å². The van der Waals surface area contributed by atoms with Gasteiger partial charge in [-0.1, -0.05) is 30.3 Å². The fraction of sp³-hybridized carbons (Fsp3) is 0.452. The lowest BCUT2D eigenvalue weighted by molar-refractivity contribution is -0.137. The minimum absolute atomic E-state index is 0.000353. The van der Waals surface area contributed by atoms with Gasteiger partial charge in [-0.3, -0.25) is 14.2 Å². The second kappa shape index (κ2) is 12.2. The third-order valence-corrected chi connectivity index (χ3v) is 9.64. The van der Waals surface area contributed by atoms with E-state index in [2.05, 4.69) is 5.32 Å². The second-order valence-electron chi connectivity index (χ2n) is 11.3. The Labute approximate surface area is 251 Å². The minimum Gasteiger partial charge on any atom is -0.506 e. The normalized spacial score (nSPS) is 20.2. The summed E-state index contributed by atoms with van der Waals surface area (Å²) in [7, 11) is 0. The summed E-state index contributed by atoms with van der Waals surface area (Å²) in [4.78, 5) is 33.4. The zero-order chi connectivity index (χ0) is 30.1. The van der Waals surface area contributed by atoms with Gasteiger partial charge in [0.05, 0.1) is 29.1 Å². The van der Waals surface area contributed by atoms with Gasteiger partial charge in [-0.05, 0) is 62.1 Å². The molecule has 6 rings (SSSR count). The molecule has 2 fully saturated rings. The van der Waals surface area contributed by atoms with Crippen LogP contribution in [0.15, 0.2) is 58.5 Å². The number of carbonyl (C=O) groups is 1. The van der Waals surface area contributed by atoms with Crippen LogP contribution >= 0.6 is 11.8 Å². The van der Waals surface area contributed by atoms with Crippen molar-refractivity contribution in [2.24, 2.45) is 0 Å². The fourth-order valence-corrected chi connectivity index (χ4v) is 6.85. The summed E-state index contributed by atoms with van der Waals surface area (Å²) in [5.41, 5.74) is 0.626. The molecule has 0 bridgehead atoms. The lowest BCUT2D eigenvalue weighted by Crippen LogP contribution is -2.48. The molecule has 0 atom stereocenters. The van der Waals surface area contributed by atoms with Crippen molar-refractivity contribution in [3.05, 3.63) is 75.7 Å². The van der Waals surface area contributed by atoms with Crippen LogP contribution in [0.2, 0.25) is 0 Å².